The Hall–Kier alpha value is -2.63. The van der Waals surface area contributed by atoms with E-state index in [9.17, 15) is 4.79 Å². The molecule has 0 N–H and O–H groups in total. The molecule has 1 amide bonds. The first-order valence-corrected chi connectivity index (χ1v) is 9.26. The highest BCUT2D eigenvalue weighted by Gasteiger charge is 2.47. The number of amides is 1. The van der Waals surface area contributed by atoms with Gasteiger partial charge in [0.1, 0.15) is 17.9 Å². The lowest BCUT2D eigenvalue weighted by atomic mass is 9.86. The fraction of sp³-hybridized carbons (Fsp3) is 0.450. The molecular weight excluding hydrogens is 328 g/mol. The first-order valence-electron chi connectivity index (χ1n) is 9.26. The maximum absolute atomic E-state index is 12.9. The molecule has 1 saturated carbocycles. The molecule has 2 unspecified atom stereocenters. The molecule has 134 valence electrons. The number of anilines is 1. The molecule has 2 bridgehead atoms. The summed E-state index contributed by atoms with van der Waals surface area (Å²) in [7, 11) is 1.62. The fourth-order valence-electron chi connectivity index (χ4n) is 4.17. The van der Waals surface area contributed by atoms with Crippen LogP contribution in [0, 0.1) is 0 Å². The van der Waals surface area contributed by atoms with Gasteiger partial charge in [-0.1, -0.05) is 6.07 Å². The summed E-state index contributed by atoms with van der Waals surface area (Å²) < 4.78 is 5.25. The first kappa shape index (κ1) is 15.6. The number of benzene rings is 1. The van der Waals surface area contributed by atoms with Crippen LogP contribution in [0.1, 0.15) is 41.2 Å². The predicted molar refractivity (Wildman–Crippen MR) is 97.6 cm³/mol. The number of carbonyl (C=O) groups is 1. The lowest BCUT2D eigenvalue weighted by Gasteiger charge is -2.56. The van der Waals surface area contributed by atoms with Crippen LogP contribution in [0.15, 0.2) is 36.7 Å². The van der Waals surface area contributed by atoms with Gasteiger partial charge < -0.3 is 14.5 Å². The number of aromatic nitrogens is 2. The van der Waals surface area contributed by atoms with E-state index in [-0.39, 0.29) is 18.0 Å². The van der Waals surface area contributed by atoms with Gasteiger partial charge in [0.05, 0.1) is 19.2 Å². The number of piperazine rings is 1. The van der Waals surface area contributed by atoms with Crippen LogP contribution < -0.4 is 9.64 Å². The van der Waals surface area contributed by atoms with Crippen LogP contribution in [0.5, 0.6) is 5.75 Å². The smallest absolute Gasteiger partial charge is 0.254 e. The second-order valence-electron chi connectivity index (χ2n) is 7.47. The van der Waals surface area contributed by atoms with Gasteiger partial charge in [0.2, 0.25) is 0 Å². The summed E-state index contributed by atoms with van der Waals surface area (Å²) in [6, 6.07) is 10.1. The van der Waals surface area contributed by atoms with Crippen LogP contribution in [0.4, 0.5) is 5.82 Å². The third-order valence-electron chi connectivity index (χ3n) is 5.74. The Morgan fingerprint density at radius 3 is 2.69 bits per heavy atom. The molecule has 2 atom stereocenters. The molecular formula is C20H22N4O2. The molecule has 0 spiro atoms. The normalized spacial score (nSPS) is 24.2. The van der Waals surface area contributed by atoms with Gasteiger partial charge in [0, 0.05) is 36.3 Å². The quantitative estimate of drug-likeness (QED) is 0.848. The molecule has 3 aliphatic heterocycles. The molecule has 4 fully saturated rings. The summed E-state index contributed by atoms with van der Waals surface area (Å²) in [5.41, 5.74) is 1.86. The summed E-state index contributed by atoms with van der Waals surface area (Å²) >= 11 is 0. The van der Waals surface area contributed by atoms with E-state index in [1.807, 2.05) is 29.2 Å². The Morgan fingerprint density at radius 2 is 1.96 bits per heavy atom. The van der Waals surface area contributed by atoms with Crippen LogP contribution in [0.3, 0.4) is 0 Å². The predicted octanol–water partition coefficient (Wildman–Crippen LogP) is 2.47. The number of piperidine rings is 1. The van der Waals surface area contributed by atoms with Gasteiger partial charge in [-0.2, -0.15) is 0 Å². The van der Waals surface area contributed by atoms with Crippen LogP contribution >= 0.6 is 0 Å². The molecule has 6 nitrogen and oxygen atoms in total. The van der Waals surface area contributed by atoms with Gasteiger partial charge in [-0.15, -0.1) is 0 Å². The van der Waals surface area contributed by atoms with E-state index in [1.165, 1.54) is 18.5 Å². The molecule has 1 aromatic heterocycles. The zero-order valence-corrected chi connectivity index (χ0v) is 14.8. The fourth-order valence-corrected chi connectivity index (χ4v) is 4.17. The summed E-state index contributed by atoms with van der Waals surface area (Å²) in [4.78, 5) is 26.2. The number of hydrogen-bond acceptors (Lipinski definition) is 5. The highest BCUT2D eigenvalue weighted by molar-refractivity contribution is 5.95. The van der Waals surface area contributed by atoms with Crippen LogP contribution in [0.25, 0.3) is 0 Å². The molecule has 1 aliphatic carbocycles. The van der Waals surface area contributed by atoms with Gasteiger partial charge in [0.25, 0.3) is 5.91 Å². The van der Waals surface area contributed by atoms with Gasteiger partial charge in [-0.05, 0) is 37.5 Å². The lowest BCUT2D eigenvalue weighted by Crippen LogP contribution is -2.70. The molecule has 26 heavy (non-hydrogen) atoms. The second-order valence-corrected chi connectivity index (χ2v) is 7.47. The maximum Gasteiger partial charge on any atom is 0.254 e. The number of nitrogens with zero attached hydrogens (tertiary/aromatic N) is 4. The minimum atomic E-state index is 0.103. The number of ether oxygens (including phenoxy) is 1. The monoisotopic (exact) mass is 350 g/mol. The Labute approximate surface area is 152 Å². The molecule has 2 aromatic rings. The third-order valence-corrected chi connectivity index (χ3v) is 5.74. The number of rotatable bonds is 4. The summed E-state index contributed by atoms with van der Waals surface area (Å²) in [6.07, 6.45) is 5.24. The van der Waals surface area contributed by atoms with Crippen LogP contribution in [0.2, 0.25) is 0 Å². The third kappa shape index (κ3) is 2.60. The van der Waals surface area contributed by atoms with Crippen molar-refractivity contribution in [2.75, 3.05) is 25.1 Å². The molecule has 4 aliphatic rings. The van der Waals surface area contributed by atoms with Crippen molar-refractivity contribution < 1.29 is 9.53 Å². The molecule has 0 radical (unpaired) electrons. The summed E-state index contributed by atoms with van der Waals surface area (Å²) in [6.45, 7) is 1.68. The van der Waals surface area contributed by atoms with Crippen molar-refractivity contribution in [2.45, 2.75) is 37.3 Å². The van der Waals surface area contributed by atoms with E-state index in [1.54, 1.807) is 13.4 Å². The second kappa shape index (κ2) is 5.97. The van der Waals surface area contributed by atoms with E-state index >= 15 is 0 Å². The Kier molecular flexibility index (Phi) is 3.58. The van der Waals surface area contributed by atoms with Crippen molar-refractivity contribution in [3.8, 4) is 5.75 Å². The standard InChI is InChI=1S/C20H22N4O2/c1-26-17-4-2-3-14(7-17)20(25)24-15-8-16(24)11-23(10-15)19-9-18(13-5-6-13)21-12-22-19/h2-4,7,9,12-13,15-16H,5-6,8,10-11H2,1H3. The van der Waals surface area contributed by atoms with Crippen LogP contribution in [-0.2, 0) is 0 Å². The zero-order valence-electron chi connectivity index (χ0n) is 14.8. The largest absolute Gasteiger partial charge is 0.497 e. The van der Waals surface area contributed by atoms with E-state index in [0.29, 0.717) is 11.5 Å². The van der Waals surface area contributed by atoms with Crippen molar-refractivity contribution >= 4 is 11.7 Å². The Morgan fingerprint density at radius 1 is 1.15 bits per heavy atom. The first-order chi connectivity index (χ1) is 12.7. The van der Waals surface area contributed by atoms with Crippen LogP contribution in [-0.4, -0.2) is 53.1 Å². The van der Waals surface area contributed by atoms with Crippen molar-refractivity contribution in [1.29, 1.82) is 0 Å². The number of hydrogen-bond donors (Lipinski definition) is 0. The van der Waals surface area contributed by atoms with Crippen molar-refractivity contribution in [1.82, 2.24) is 14.9 Å². The van der Waals surface area contributed by atoms with Gasteiger partial charge in [-0.25, -0.2) is 9.97 Å². The van der Waals surface area contributed by atoms with E-state index in [0.717, 1.165) is 31.1 Å². The number of carbonyl (C=O) groups excluding carboxylic acids is 1. The van der Waals surface area contributed by atoms with Crippen molar-refractivity contribution in [2.24, 2.45) is 0 Å². The van der Waals surface area contributed by atoms with E-state index < -0.39 is 0 Å². The summed E-state index contributed by atoms with van der Waals surface area (Å²) in [5.74, 6) is 2.45. The van der Waals surface area contributed by atoms with Gasteiger partial charge in [-0.3, -0.25) is 4.79 Å². The topological polar surface area (TPSA) is 58.6 Å². The maximum atomic E-state index is 12.9. The van der Waals surface area contributed by atoms with E-state index in [2.05, 4.69) is 20.9 Å². The molecule has 1 aromatic carbocycles. The summed E-state index contributed by atoms with van der Waals surface area (Å²) in [5, 5.41) is 0. The average molecular weight is 350 g/mol. The SMILES string of the molecule is COc1cccc(C(=O)N2C3CC2CN(c2cc(C4CC4)ncn2)C3)c1. The Balaban J connectivity index is 1.31. The molecule has 6 rings (SSSR count). The highest BCUT2D eigenvalue weighted by atomic mass is 16.5. The van der Waals surface area contributed by atoms with E-state index in [4.69, 9.17) is 4.74 Å². The van der Waals surface area contributed by atoms with Gasteiger partial charge in [0.15, 0.2) is 0 Å². The lowest BCUT2D eigenvalue weighted by molar-refractivity contribution is 0.00573. The van der Waals surface area contributed by atoms with Gasteiger partial charge >= 0.3 is 0 Å². The Bertz CT molecular complexity index is 839. The number of methoxy groups -OCH3 is 1. The minimum Gasteiger partial charge on any atom is -0.497 e. The molecule has 4 heterocycles. The zero-order chi connectivity index (χ0) is 17.7. The number of fused-ring (bicyclic) bond motifs is 2. The van der Waals surface area contributed by atoms with Crippen molar-refractivity contribution in [3.05, 3.63) is 47.9 Å². The van der Waals surface area contributed by atoms with Crippen molar-refractivity contribution in [3.63, 3.8) is 0 Å². The minimum absolute atomic E-state index is 0.103. The molecule has 6 heteroatoms. The average Bonchev–Trinajstić information content (AvgIpc) is 3.53. The molecule has 3 saturated heterocycles. The highest BCUT2D eigenvalue weighted by Crippen LogP contribution is 2.40.